The van der Waals surface area contributed by atoms with E-state index in [0.29, 0.717) is 11.1 Å². The molecule has 1 saturated heterocycles. The van der Waals surface area contributed by atoms with Crippen LogP contribution in [-0.2, 0) is 4.74 Å². The molecule has 4 rings (SSSR count). The molecule has 0 unspecified atom stereocenters. The van der Waals surface area contributed by atoms with E-state index in [1.54, 1.807) is 18.3 Å². The number of aliphatic hydroxyl groups is 4. The monoisotopic (exact) mass is 410 g/mol. The van der Waals surface area contributed by atoms with Crippen LogP contribution in [0.1, 0.15) is 11.1 Å². The van der Waals surface area contributed by atoms with Crippen LogP contribution in [0, 0.1) is 18.8 Å². The first-order chi connectivity index (χ1) is 14.4. The highest BCUT2D eigenvalue weighted by molar-refractivity contribution is 5.90. The van der Waals surface area contributed by atoms with Crippen molar-refractivity contribution in [3.8, 4) is 28.7 Å². The van der Waals surface area contributed by atoms with Gasteiger partial charge in [-0.05, 0) is 47.9 Å². The number of benzene rings is 2. The Morgan fingerprint density at radius 1 is 1.10 bits per heavy atom. The van der Waals surface area contributed by atoms with Gasteiger partial charge in [-0.1, -0.05) is 17.9 Å². The number of H-pyrrole nitrogens is 1. The normalized spacial score (nSPS) is 26.4. The van der Waals surface area contributed by atoms with Crippen molar-refractivity contribution in [3.63, 3.8) is 0 Å². The first-order valence-electron chi connectivity index (χ1n) is 9.48. The molecular formula is C22H22N2O6. The molecule has 0 saturated carbocycles. The molecule has 1 aliphatic heterocycles. The summed E-state index contributed by atoms with van der Waals surface area (Å²) in [5.41, 5.74) is 3.99. The van der Waals surface area contributed by atoms with Crippen LogP contribution in [0.2, 0.25) is 0 Å². The van der Waals surface area contributed by atoms with Gasteiger partial charge >= 0.3 is 0 Å². The molecule has 0 amide bonds. The van der Waals surface area contributed by atoms with Crippen molar-refractivity contribution in [3.05, 3.63) is 47.7 Å². The molecule has 1 aromatic heterocycles. The SMILES string of the molecule is Cc1cc(O)ccc1-c1cc(C#C[C@H]2O[C@H](CO)[C@@H](O)[C@H](O)[C@@H]2O)c2[nH]ncc2c1. The average Bonchev–Trinajstić information content (AvgIpc) is 3.20. The first-order valence-corrected chi connectivity index (χ1v) is 9.48. The summed E-state index contributed by atoms with van der Waals surface area (Å²) in [6, 6.07) is 8.92. The van der Waals surface area contributed by atoms with Crippen molar-refractivity contribution in [2.24, 2.45) is 0 Å². The summed E-state index contributed by atoms with van der Waals surface area (Å²) in [5, 5.41) is 56.9. The second-order valence-electron chi connectivity index (χ2n) is 7.38. The number of phenols is 1. The second-order valence-corrected chi connectivity index (χ2v) is 7.38. The van der Waals surface area contributed by atoms with E-state index in [1.807, 2.05) is 25.1 Å². The lowest BCUT2D eigenvalue weighted by molar-refractivity contribution is -0.214. The Morgan fingerprint density at radius 3 is 2.63 bits per heavy atom. The molecule has 2 aromatic carbocycles. The van der Waals surface area contributed by atoms with Gasteiger partial charge in [-0.15, -0.1) is 0 Å². The van der Waals surface area contributed by atoms with Gasteiger partial charge in [0.25, 0.3) is 0 Å². The average molecular weight is 410 g/mol. The molecule has 0 bridgehead atoms. The molecule has 0 aliphatic carbocycles. The zero-order valence-corrected chi connectivity index (χ0v) is 16.1. The number of aliphatic hydroxyl groups excluding tert-OH is 4. The molecule has 1 aliphatic rings. The number of aryl methyl sites for hydroxylation is 1. The van der Waals surface area contributed by atoms with Crippen LogP contribution >= 0.6 is 0 Å². The van der Waals surface area contributed by atoms with Crippen molar-refractivity contribution in [1.82, 2.24) is 10.2 Å². The number of phenolic OH excluding ortho intramolecular Hbond substituents is 1. The maximum atomic E-state index is 10.2. The van der Waals surface area contributed by atoms with Crippen molar-refractivity contribution < 1.29 is 30.3 Å². The highest BCUT2D eigenvalue weighted by Gasteiger charge is 2.42. The minimum absolute atomic E-state index is 0.184. The summed E-state index contributed by atoms with van der Waals surface area (Å²) in [5.74, 6) is 5.94. The number of aromatic nitrogens is 2. The van der Waals surface area contributed by atoms with Crippen LogP contribution in [0.25, 0.3) is 22.0 Å². The van der Waals surface area contributed by atoms with Gasteiger partial charge in [-0.2, -0.15) is 5.10 Å². The highest BCUT2D eigenvalue weighted by atomic mass is 16.5. The highest BCUT2D eigenvalue weighted by Crippen LogP contribution is 2.30. The van der Waals surface area contributed by atoms with Gasteiger partial charge in [0, 0.05) is 5.39 Å². The smallest absolute Gasteiger partial charge is 0.147 e. The van der Waals surface area contributed by atoms with Crippen molar-refractivity contribution in [1.29, 1.82) is 0 Å². The van der Waals surface area contributed by atoms with Crippen LogP contribution in [-0.4, -0.2) is 72.9 Å². The first kappa shape index (κ1) is 20.3. The van der Waals surface area contributed by atoms with E-state index in [0.717, 1.165) is 22.1 Å². The van der Waals surface area contributed by atoms with Crippen LogP contribution in [0.15, 0.2) is 36.5 Å². The van der Waals surface area contributed by atoms with E-state index in [4.69, 9.17) is 4.74 Å². The zero-order valence-electron chi connectivity index (χ0n) is 16.1. The molecule has 3 aromatic rings. The number of hydrogen-bond donors (Lipinski definition) is 6. The molecule has 30 heavy (non-hydrogen) atoms. The molecule has 5 atom stereocenters. The van der Waals surface area contributed by atoms with E-state index >= 15 is 0 Å². The Labute approximate surface area is 172 Å². The maximum absolute atomic E-state index is 10.2. The summed E-state index contributed by atoms with van der Waals surface area (Å²) in [6.07, 6.45) is -4.75. The maximum Gasteiger partial charge on any atom is 0.147 e. The minimum Gasteiger partial charge on any atom is -0.508 e. The van der Waals surface area contributed by atoms with Crippen molar-refractivity contribution >= 4 is 10.9 Å². The molecule has 0 spiro atoms. The predicted octanol–water partition coefficient (Wildman–Crippen LogP) is 0.438. The fourth-order valence-electron chi connectivity index (χ4n) is 3.65. The van der Waals surface area contributed by atoms with Crippen LogP contribution in [0.3, 0.4) is 0 Å². The van der Waals surface area contributed by atoms with Crippen molar-refractivity contribution in [2.45, 2.75) is 37.4 Å². The third kappa shape index (κ3) is 3.65. The number of ether oxygens (including phenoxy) is 1. The lowest BCUT2D eigenvalue weighted by Gasteiger charge is -2.37. The molecule has 1 fully saturated rings. The minimum atomic E-state index is -1.48. The number of aromatic amines is 1. The lowest BCUT2D eigenvalue weighted by Crippen LogP contribution is -2.58. The molecule has 0 radical (unpaired) electrons. The summed E-state index contributed by atoms with van der Waals surface area (Å²) >= 11 is 0. The van der Waals surface area contributed by atoms with Crippen LogP contribution in [0.4, 0.5) is 0 Å². The summed E-state index contributed by atoms with van der Waals surface area (Å²) in [7, 11) is 0. The van der Waals surface area contributed by atoms with Gasteiger partial charge in [0.1, 0.15) is 36.3 Å². The number of nitrogens with one attached hydrogen (secondary N) is 1. The van der Waals surface area contributed by atoms with E-state index in [2.05, 4.69) is 22.0 Å². The van der Waals surface area contributed by atoms with Gasteiger partial charge in [0.15, 0.2) is 0 Å². The molecule has 8 heteroatoms. The van der Waals surface area contributed by atoms with Gasteiger partial charge in [0.2, 0.25) is 0 Å². The molecule has 8 nitrogen and oxygen atoms in total. The summed E-state index contributed by atoms with van der Waals surface area (Å²) < 4.78 is 5.46. The van der Waals surface area contributed by atoms with Gasteiger partial charge in [0.05, 0.1) is 23.9 Å². The van der Waals surface area contributed by atoms with Crippen molar-refractivity contribution in [2.75, 3.05) is 6.61 Å². The third-order valence-electron chi connectivity index (χ3n) is 5.31. The topological polar surface area (TPSA) is 139 Å². The van der Waals surface area contributed by atoms with Gasteiger partial charge in [-0.25, -0.2) is 0 Å². The predicted molar refractivity (Wildman–Crippen MR) is 109 cm³/mol. The Kier molecular flexibility index (Phi) is 5.47. The molecule has 156 valence electrons. The van der Waals surface area contributed by atoms with E-state index in [9.17, 15) is 25.5 Å². The van der Waals surface area contributed by atoms with Gasteiger partial charge < -0.3 is 30.3 Å². The number of aromatic hydroxyl groups is 1. The number of fused-ring (bicyclic) bond motifs is 1. The summed E-state index contributed by atoms with van der Waals surface area (Å²) in [4.78, 5) is 0. The Morgan fingerprint density at radius 2 is 1.90 bits per heavy atom. The van der Waals surface area contributed by atoms with E-state index in [1.165, 1.54) is 0 Å². The van der Waals surface area contributed by atoms with Crippen LogP contribution < -0.4 is 0 Å². The molecule has 6 N–H and O–H groups in total. The Bertz CT molecular complexity index is 1130. The fraction of sp³-hybridized carbons (Fsp3) is 0.318. The molecule has 2 heterocycles. The van der Waals surface area contributed by atoms with E-state index in [-0.39, 0.29) is 5.75 Å². The number of nitrogens with zero attached hydrogens (tertiary/aromatic N) is 1. The number of rotatable bonds is 2. The largest absolute Gasteiger partial charge is 0.508 e. The Balaban J connectivity index is 1.74. The number of hydrogen-bond acceptors (Lipinski definition) is 7. The zero-order chi connectivity index (χ0) is 21.4. The standard InChI is InChI=1S/C22H22N2O6/c1-11-6-15(26)3-4-16(11)13-7-12(19-14(8-13)9-23-24-19)2-5-17-20(27)22(29)21(28)18(10-25)30-17/h3-4,6-9,17-18,20-22,25-29H,10H2,1H3,(H,23,24)/t17-,18-,20-,21-,22-/m1/s1. The Hall–Kier alpha value is -2.93. The summed E-state index contributed by atoms with van der Waals surface area (Å²) in [6.45, 7) is 1.39. The lowest BCUT2D eigenvalue weighted by atomic mass is 9.94. The second kappa shape index (κ2) is 8.07. The van der Waals surface area contributed by atoms with Crippen LogP contribution in [0.5, 0.6) is 5.75 Å². The van der Waals surface area contributed by atoms with Gasteiger partial charge in [-0.3, -0.25) is 5.10 Å². The molecular weight excluding hydrogens is 388 g/mol. The quantitative estimate of drug-likeness (QED) is 0.337. The third-order valence-corrected chi connectivity index (χ3v) is 5.31. The fourth-order valence-corrected chi connectivity index (χ4v) is 3.65. The van der Waals surface area contributed by atoms with E-state index < -0.39 is 37.1 Å².